The summed E-state index contributed by atoms with van der Waals surface area (Å²) in [5.74, 6) is -0.466. The second-order valence-electron chi connectivity index (χ2n) is 11.8. The van der Waals surface area contributed by atoms with Gasteiger partial charge in [-0.25, -0.2) is 0 Å². The largest absolute Gasteiger partial charge is 0.481 e. The molecule has 0 radical (unpaired) electrons. The van der Waals surface area contributed by atoms with Gasteiger partial charge in [-0.3, -0.25) is 14.5 Å². The van der Waals surface area contributed by atoms with Crippen LogP contribution < -0.4 is 9.47 Å². The van der Waals surface area contributed by atoms with Crippen molar-refractivity contribution < 1.29 is 33.6 Å². The first kappa shape index (κ1) is 29.6. The highest BCUT2D eigenvalue weighted by Gasteiger charge is 2.50. The Labute approximate surface area is 232 Å². The number of aliphatic carboxylic acids is 1. The topological polar surface area (TPSA) is 97.8 Å². The van der Waals surface area contributed by atoms with Gasteiger partial charge in [-0.05, 0) is 43.4 Å². The average Bonchev–Trinajstić information content (AvgIpc) is 3.53. The van der Waals surface area contributed by atoms with Crippen molar-refractivity contribution in [2.45, 2.75) is 84.5 Å². The van der Waals surface area contributed by atoms with Gasteiger partial charge in [-0.15, -0.1) is 0 Å². The van der Waals surface area contributed by atoms with E-state index < -0.39 is 23.6 Å². The number of carboxylic acid groups (broad SMARTS) is 1. The number of hydrogen-bond donors (Lipinski definition) is 1. The van der Waals surface area contributed by atoms with Crippen LogP contribution in [-0.4, -0.2) is 85.3 Å². The minimum atomic E-state index is -0.854. The number of fused-ring (bicyclic) bond motifs is 1. The van der Waals surface area contributed by atoms with E-state index in [0.717, 1.165) is 50.8 Å². The number of hydrogen-bond acceptors (Lipinski definition) is 7. The van der Waals surface area contributed by atoms with Gasteiger partial charge in [0.25, 0.3) is 0 Å². The Kier molecular flexibility index (Phi) is 10.1. The van der Waals surface area contributed by atoms with Gasteiger partial charge >= 0.3 is 5.97 Å². The van der Waals surface area contributed by atoms with Gasteiger partial charge < -0.3 is 29.0 Å². The molecule has 0 bridgehead atoms. The molecule has 0 unspecified atom stereocenters. The number of amides is 1. The molecule has 1 N–H and O–H groups in total. The molecule has 2 saturated heterocycles. The summed E-state index contributed by atoms with van der Waals surface area (Å²) >= 11 is 0. The second-order valence-corrected chi connectivity index (χ2v) is 11.8. The molecule has 2 fully saturated rings. The van der Waals surface area contributed by atoms with Gasteiger partial charge in [0, 0.05) is 37.0 Å². The lowest BCUT2D eigenvalue weighted by Gasteiger charge is -2.40. The van der Waals surface area contributed by atoms with E-state index in [1.165, 1.54) is 0 Å². The lowest BCUT2D eigenvalue weighted by molar-refractivity contribution is -0.232. The predicted molar refractivity (Wildman–Crippen MR) is 147 cm³/mol. The lowest BCUT2D eigenvalue weighted by atomic mass is 9.77. The third-order valence-corrected chi connectivity index (χ3v) is 8.31. The Morgan fingerprint density at radius 1 is 1.05 bits per heavy atom. The zero-order valence-corrected chi connectivity index (χ0v) is 24.0. The van der Waals surface area contributed by atoms with Crippen LogP contribution >= 0.6 is 0 Å². The number of nitrogens with zero attached hydrogens (tertiary/aromatic N) is 2. The second kappa shape index (κ2) is 13.3. The summed E-state index contributed by atoms with van der Waals surface area (Å²) < 4.78 is 23.0. The van der Waals surface area contributed by atoms with Crippen molar-refractivity contribution >= 4 is 11.9 Å². The van der Waals surface area contributed by atoms with Gasteiger partial charge in [0.15, 0.2) is 17.8 Å². The minimum Gasteiger partial charge on any atom is -0.481 e. The summed E-state index contributed by atoms with van der Waals surface area (Å²) in [7, 11) is 0. The minimum absolute atomic E-state index is 0.0698. The van der Waals surface area contributed by atoms with E-state index >= 15 is 0 Å². The quantitative estimate of drug-likeness (QED) is 0.387. The number of benzene rings is 1. The molecule has 0 saturated carbocycles. The maximum Gasteiger partial charge on any atom is 0.308 e. The number of likely N-dealkylation sites (tertiary alicyclic amines) is 1. The molecule has 9 heteroatoms. The monoisotopic (exact) mass is 546 g/mol. The fourth-order valence-corrected chi connectivity index (χ4v) is 6.14. The fraction of sp³-hybridized carbons (Fsp3) is 0.733. The van der Waals surface area contributed by atoms with Gasteiger partial charge in [-0.2, -0.15) is 0 Å². The Morgan fingerprint density at radius 2 is 1.72 bits per heavy atom. The van der Waals surface area contributed by atoms with Crippen LogP contribution in [0.5, 0.6) is 11.5 Å². The van der Waals surface area contributed by atoms with E-state index in [2.05, 4.69) is 32.6 Å². The molecular weight excluding hydrogens is 500 g/mol. The Hall–Kier alpha value is -2.36. The van der Waals surface area contributed by atoms with Crippen LogP contribution in [0.3, 0.4) is 0 Å². The molecule has 0 spiro atoms. The molecule has 3 aliphatic rings. The zero-order chi connectivity index (χ0) is 28.0. The average molecular weight is 547 g/mol. The Morgan fingerprint density at radius 3 is 2.36 bits per heavy atom. The smallest absolute Gasteiger partial charge is 0.308 e. The fourth-order valence-electron chi connectivity index (χ4n) is 6.14. The summed E-state index contributed by atoms with van der Waals surface area (Å²) in [4.78, 5) is 30.6. The van der Waals surface area contributed by atoms with Crippen LogP contribution in [0.1, 0.15) is 77.7 Å². The molecule has 4 rings (SSSR count). The van der Waals surface area contributed by atoms with Crippen LogP contribution in [0.4, 0.5) is 0 Å². The van der Waals surface area contributed by atoms with Crippen LogP contribution in [0.15, 0.2) is 18.2 Å². The van der Waals surface area contributed by atoms with E-state index in [1.807, 2.05) is 23.1 Å². The van der Waals surface area contributed by atoms with Gasteiger partial charge in [-0.1, -0.05) is 46.6 Å². The SMILES string of the molecule is CCCCN(CCCC)C(=O)CN1C[C@H](c2ccc3c(c2)OCO3)[C@@H](C(=O)O)[C@@H]1CC(C)(C)C1OCCCO1. The molecule has 1 aromatic carbocycles. The number of unbranched alkanes of at least 4 members (excludes halogenated alkanes) is 2. The molecule has 3 heterocycles. The molecule has 3 atom stereocenters. The lowest BCUT2D eigenvalue weighted by Crippen LogP contribution is -2.48. The van der Waals surface area contributed by atoms with E-state index in [4.69, 9.17) is 18.9 Å². The van der Waals surface area contributed by atoms with Crippen LogP contribution in [-0.2, 0) is 19.1 Å². The molecule has 0 aliphatic carbocycles. The molecule has 39 heavy (non-hydrogen) atoms. The number of ether oxygens (including phenoxy) is 4. The zero-order valence-electron chi connectivity index (χ0n) is 24.0. The summed E-state index contributed by atoms with van der Waals surface area (Å²) in [5.41, 5.74) is 0.455. The summed E-state index contributed by atoms with van der Waals surface area (Å²) in [6.07, 6.45) is 4.93. The van der Waals surface area contributed by atoms with Crippen molar-refractivity contribution in [2.75, 3.05) is 46.2 Å². The highest BCUT2D eigenvalue weighted by molar-refractivity contribution is 5.79. The first-order chi connectivity index (χ1) is 18.7. The molecule has 218 valence electrons. The van der Waals surface area contributed by atoms with Crippen molar-refractivity contribution in [2.24, 2.45) is 11.3 Å². The third-order valence-electron chi connectivity index (χ3n) is 8.31. The molecule has 3 aliphatic heterocycles. The summed E-state index contributed by atoms with van der Waals surface area (Å²) in [6, 6.07) is 5.33. The van der Waals surface area contributed by atoms with Crippen molar-refractivity contribution in [1.29, 1.82) is 0 Å². The Balaban J connectivity index is 1.62. The first-order valence-corrected chi connectivity index (χ1v) is 14.6. The number of carboxylic acids is 1. The van der Waals surface area contributed by atoms with Crippen molar-refractivity contribution in [3.05, 3.63) is 23.8 Å². The Bertz CT molecular complexity index is 970. The summed E-state index contributed by atoms with van der Waals surface area (Å²) in [6.45, 7) is 12.0. The normalized spacial score (nSPS) is 23.7. The maximum atomic E-state index is 13.6. The third kappa shape index (κ3) is 7.05. The molecule has 9 nitrogen and oxygen atoms in total. The van der Waals surface area contributed by atoms with Gasteiger partial charge in [0.2, 0.25) is 12.7 Å². The van der Waals surface area contributed by atoms with Crippen molar-refractivity contribution in [1.82, 2.24) is 9.80 Å². The van der Waals surface area contributed by atoms with Crippen LogP contribution in [0.2, 0.25) is 0 Å². The molecule has 1 amide bonds. The number of rotatable bonds is 13. The highest BCUT2D eigenvalue weighted by atomic mass is 16.7. The van der Waals surface area contributed by atoms with Crippen LogP contribution in [0.25, 0.3) is 0 Å². The standard InChI is InChI=1S/C30H46N2O7/c1-5-7-12-31(13-8-6-2)26(33)19-32-18-22(21-10-11-24-25(16-21)39-20-38-24)27(28(34)35)23(32)17-30(3,4)29-36-14-9-15-37-29/h10-11,16,22-23,27,29H,5-9,12-15,17-20H2,1-4H3,(H,34,35)/t22-,23+,27-/m1/s1. The summed E-state index contributed by atoms with van der Waals surface area (Å²) in [5, 5.41) is 10.6. The molecule has 1 aromatic rings. The highest BCUT2D eigenvalue weighted by Crippen LogP contribution is 2.46. The number of carbonyl (C=O) groups is 2. The maximum absolute atomic E-state index is 13.6. The van der Waals surface area contributed by atoms with E-state index in [0.29, 0.717) is 37.7 Å². The van der Waals surface area contributed by atoms with E-state index in [9.17, 15) is 14.7 Å². The van der Waals surface area contributed by atoms with Gasteiger partial charge in [0.05, 0.1) is 25.7 Å². The first-order valence-electron chi connectivity index (χ1n) is 14.6. The molecular formula is C30H46N2O7. The van der Waals surface area contributed by atoms with Crippen molar-refractivity contribution in [3.8, 4) is 11.5 Å². The molecule has 0 aromatic heterocycles. The van der Waals surface area contributed by atoms with Crippen LogP contribution in [0, 0.1) is 11.3 Å². The van der Waals surface area contributed by atoms with Crippen molar-refractivity contribution in [3.63, 3.8) is 0 Å². The van der Waals surface area contributed by atoms with E-state index in [-0.39, 0.29) is 31.2 Å². The van der Waals surface area contributed by atoms with Gasteiger partial charge in [0.1, 0.15) is 0 Å². The van der Waals surface area contributed by atoms with E-state index in [1.54, 1.807) is 0 Å². The predicted octanol–water partition coefficient (Wildman–Crippen LogP) is 4.49. The number of carbonyl (C=O) groups excluding carboxylic acids is 1.